The van der Waals surface area contributed by atoms with Crippen LogP contribution in [-0.2, 0) is 0 Å². The number of aromatic nitrogens is 4. The topological polar surface area (TPSA) is 107 Å². The summed E-state index contributed by atoms with van der Waals surface area (Å²) in [6.07, 6.45) is 5.24. The molecule has 0 spiro atoms. The molecule has 0 fully saturated rings. The van der Waals surface area contributed by atoms with Crippen molar-refractivity contribution >= 4 is 28.7 Å². The maximum Gasteiger partial charge on any atom is 0.300 e. The molecule has 1 amide bonds. The number of nitrogens with one attached hydrogen (secondary N) is 2. The second-order valence-electron chi connectivity index (χ2n) is 7.27. The van der Waals surface area contributed by atoms with E-state index >= 15 is 0 Å². The summed E-state index contributed by atoms with van der Waals surface area (Å²) in [6.45, 7) is 1.94. The van der Waals surface area contributed by atoms with Gasteiger partial charge in [-0.05, 0) is 37.3 Å². The Morgan fingerprint density at radius 3 is 2.73 bits per heavy atom. The number of hydrogen-bond donors (Lipinski definition) is 2. The van der Waals surface area contributed by atoms with Crippen LogP contribution in [0, 0.1) is 6.92 Å². The van der Waals surface area contributed by atoms with Gasteiger partial charge < -0.3 is 24.4 Å². The number of anilines is 2. The number of ether oxygens (including phenoxy) is 1. The first kappa shape index (κ1) is 20.3. The van der Waals surface area contributed by atoms with Crippen LogP contribution in [0.15, 0.2) is 77.7 Å². The third kappa shape index (κ3) is 4.24. The Hall–Kier alpha value is -4.66. The molecule has 0 aliphatic rings. The van der Waals surface area contributed by atoms with E-state index in [0.717, 1.165) is 17.1 Å². The van der Waals surface area contributed by atoms with Crippen LogP contribution in [0.25, 0.3) is 16.8 Å². The zero-order chi connectivity index (χ0) is 22.8. The summed E-state index contributed by atoms with van der Waals surface area (Å²) in [7, 11) is 1.55. The number of aryl methyl sites for hydroxylation is 1. The molecule has 164 valence electrons. The van der Waals surface area contributed by atoms with E-state index in [9.17, 15) is 4.79 Å². The molecule has 33 heavy (non-hydrogen) atoms. The van der Waals surface area contributed by atoms with Crippen LogP contribution in [0.3, 0.4) is 0 Å². The number of amides is 1. The zero-order valence-corrected chi connectivity index (χ0v) is 17.9. The molecule has 9 nitrogen and oxygen atoms in total. The first-order valence-corrected chi connectivity index (χ1v) is 10.2. The standard InChI is InChI=1S/C24H20N6O3/c1-15-13-30(14-27-15)21-6-4-3-5-18(21)28-24-29-19-8-7-16(12-22(19)33-24)32-17-9-10-26-20(11-17)23(31)25-2/h3-14H,1-2H3,(H,25,31)(H,28,29). The molecule has 9 heteroatoms. The molecule has 3 aromatic heterocycles. The number of carbonyl (C=O) groups is 1. The quantitative estimate of drug-likeness (QED) is 0.397. The van der Waals surface area contributed by atoms with Crippen molar-refractivity contribution in [2.24, 2.45) is 0 Å². The Morgan fingerprint density at radius 1 is 1.06 bits per heavy atom. The van der Waals surface area contributed by atoms with E-state index in [0.29, 0.717) is 28.6 Å². The number of hydrogen-bond acceptors (Lipinski definition) is 7. The Kier molecular flexibility index (Phi) is 5.19. The van der Waals surface area contributed by atoms with Gasteiger partial charge in [-0.3, -0.25) is 9.78 Å². The first-order chi connectivity index (χ1) is 16.1. The number of benzene rings is 2. The van der Waals surface area contributed by atoms with Gasteiger partial charge >= 0.3 is 0 Å². The van der Waals surface area contributed by atoms with Crippen molar-refractivity contribution in [3.05, 3.63) is 84.7 Å². The summed E-state index contributed by atoms with van der Waals surface area (Å²) in [5, 5.41) is 5.79. The molecule has 0 bridgehead atoms. The number of pyridine rings is 1. The van der Waals surface area contributed by atoms with Crippen LogP contribution in [0.5, 0.6) is 11.5 Å². The minimum absolute atomic E-state index is 0.272. The van der Waals surface area contributed by atoms with E-state index in [2.05, 4.69) is 25.6 Å². The smallest absolute Gasteiger partial charge is 0.300 e. The van der Waals surface area contributed by atoms with Gasteiger partial charge in [0.25, 0.3) is 11.9 Å². The maximum absolute atomic E-state index is 11.8. The molecular weight excluding hydrogens is 420 g/mol. The number of para-hydroxylation sites is 2. The monoisotopic (exact) mass is 440 g/mol. The minimum Gasteiger partial charge on any atom is -0.457 e. The number of fused-ring (bicyclic) bond motifs is 1. The molecule has 0 aliphatic carbocycles. The number of imidazole rings is 1. The van der Waals surface area contributed by atoms with Crippen molar-refractivity contribution in [3.8, 4) is 17.2 Å². The van der Waals surface area contributed by atoms with Gasteiger partial charge in [0.1, 0.15) is 22.7 Å². The average Bonchev–Trinajstić information content (AvgIpc) is 3.44. The van der Waals surface area contributed by atoms with Crippen molar-refractivity contribution in [2.45, 2.75) is 6.92 Å². The van der Waals surface area contributed by atoms with E-state index in [1.54, 1.807) is 37.6 Å². The highest BCUT2D eigenvalue weighted by molar-refractivity contribution is 5.92. The fraction of sp³-hybridized carbons (Fsp3) is 0.0833. The van der Waals surface area contributed by atoms with Gasteiger partial charge in [-0.2, -0.15) is 4.98 Å². The van der Waals surface area contributed by atoms with E-state index in [1.807, 2.05) is 48.0 Å². The van der Waals surface area contributed by atoms with Crippen LogP contribution in [0.2, 0.25) is 0 Å². The van der Waals surface area contributed by atoms with Crippen molar-refractivity contribution in [1.82, 2.24) is 24.8 Å². The molecule has 0 saturated heterocycles. The van der Waals surface area contributed by atoms with Crippen LogP contribution in [-0.4, -0.2) is 32.5 Å². The Balaban J connectivity index is 1.39. The molecule has 0 unspecified atom stereocenters. The normalized spacial score (nSPS) is 10.8. The lowest BCUT2D eigenvalue weighted by atomic mass is 10.2. The second kappa shape index (κ2) is 8.46. The first-order valence-electron chi connectivity index (χ1n) is 10.2. The van der Waals surface area contributed by atoms with E-state index in [1.165, 1.54) is 6.20 Å². The molecule has 3 heterocycles. The van der Waals surface area contributed by atoms with Crippen molar-refractivity contribution in [1.29, 1.82) is 0 Å². The summed E-state index contributed by atoms with van der Waals surface area (Å²) < 4.78 is 13.8. The molecule has 2 N–H and O–H groups in total. The van der Waals surface area contributed by atoms with Gasteiger partial charge in [-0.1, -0.05) is 12.1 Å². The number of nitrogens with zero attached hydrogens (tertiary/aromatic N) is 4. The fourth-order valence-corrected chi connectivity index (χ4v) is 3.36. The summed E-state index contributed by atoms with van der Waals surface area (Å²) >= 11 is 0. The maximum atomic E-state index is 11.8. The number of carbonyl (C=O) groups excluding carboxylic acids is 1. The van der Waals surface area contributed by atoms with Gasteiger partial charge in [-0.15, -0.1) is 0 Å². The predicted octanol–water partition coefficient (Wildman–Crippen LogP) is 4.61. The molecule has 5 rings (SSSR count). The van der Waals surface area contributed by atoms with Gasteiger partial charge in [-0.25, -0.2) is 4.98 Å². The van der Waals surface area contributed by atoms with Crippen LogP contribution in [0.1, 0.15) is 16.2 Å². The second-order valence-corrected chi connectivity index (χ2v) is 7.27. The third-order valence-electron chi connectivity index (χ3n) is 4.92. The molecule has 0 saturated carbocycles. The summed E-state index contributed by atoms with van der Waals surface area (Å²) in [4.78, 5) is 24.7. The highest BCUT2D eigenvalue weighted by Gasteiger charge is 2.12. The van der Waals surface area contributed by atoms with Gasteiger partial charge in [0.15, 0.2) is 5.58 Å². The largest absolute Gasteiger partial charge is 0.457 e. The lowest BCUT2D eigenvalue weighted by molar-refractivity contribution is 0.0958. The lowest BCUT2D eigenvalue weighted by Gasteiger charge is -2.09. The third-order valence-corrected chi connectivity index (χ3v) is 4.92. The van der Waals surface area contributed by atoms with Crippen molar-refractivity contribution < 1.29 is 13.9 Å². The molecule has 2 aromatic carbocycles. The summed E-state index contributed by atoms with van der Waals surface area (Å²) in [5.74, 6) is 0.756. The SMILES string of the molecule is CNC(=O)c1cc(Oc2ccc3nc(Nc4ccccc4-n4cnc(C)c4)oc3c2)ccn1. The van der Waals surface area contributed by atoms with E-state index in [4.69, 9.17) is 9.15 Å². The van der Waals surface area contributed by atoms with Crippen molar-refractivity contribution in [3.63, 3.8) is 0 Å². The van der Waals surface area contributed by atoms with Gasteiger partial charge in [0.2, 0.25) is 0 Å². The lowest BCUT2D eigenvalue weighted by Crippen LogP contribution is -2.18. The molecule has 0 aliphatic heterocycles. The Labute approximate surface area is 189 Å². The van der Waals surface area contributed by atoms with E-state index < -0.39 is 0 Å². The number of rotatable bonds is 6. The molecule has 5 aromatic rings. The minimum atomic E-state index is -0.284. The van der Waals surface area contributed by atoms with Gasteiger partial charge in [0.05, 0.1) is 23.4 Å². The van der Waals surface area contributed by atoms with Crippen LogP contribution >= 0.6 is 0 Å². The highest BCUT2D eigenvalue weighted by Crippen LogP contribution is 2.30. The van der Waals surface area contributed by atoms with Crippen LogP contribution in [0.4, 0.5) is 11.7 Å². The molecular formula is C24H20N6O3. The number of oxazole rings is 1. The Morgan fingerprint density at radius 2 is 1.91 bits per heavy atom. The highest BCUT2D eigenvalue weighted by atomic mass is 16.5. The fourth-order valence-electron chi connectivity index (χ4n) is 3.36. The molecule has 0 radical (unpaired) electrons. The average molecular weight is 440 g/mol. The Bertz CT molecular complexity index is 1460. The van der Waals surface area contributed by atoms with Crippen LogP contribution < -0.4 is 15.4 Å². The van der Waals surface area contributed by atoms with E-state index in [-0.39, 0.29) is 11.6 Å². The zero-order valence-electron chi connectivity index (χ0n) is 17.9. The summed E-state index contributed by atoms with van der Waals surface area (Å²) in [6, 6.07) is 16.8. The van der Waals surface area contributed by atoms with Gasteiger partial charge in [0, 0.05) is 31.6 Å². The summed E-state index contributed by atoms with van der Waals surface area (Å²) in [5.41, 5.74) is 4.20. The predicted molar refractivity (Wildman–Crippen MR) is 123 cm³/mol. The van der Waals surface area contributed by atoms with Crippen molar-refractivity contribution in [2.75, 3.05) is 12.4 Å². The molecule has 0 atom stereocenters.